The van der Waals surface area contributed by atoms with Crippen molar-refractivity contribution in [3.63, 3.8) is 0 Å². The number of aliphatic hydroxyl groups excluding tert-OH is 1. The molecule has 1 aliphatic carbocycles. The van der Waals surface area contributed by atoms with Crippen LogP contribution in [0.3, 0.4) is 0 Å². The zero-order valence-electron chi connectivity index (χ0n) is 13.8. The van der Waals surface area contributed by atoms with Gasteiger partial charge in [0.25, 0.3) is 0 Å². The molecule has 0 spiro atoms. The van der Waals surface area contributed by atoms with Gasteiger partial charge in [0, 0.05) is 25.4 Å². The van der Waals surface area contributed by atoms with E-state index in [9.17, 15) is 13.5 Å². The summed E-state index contributed by atoms with van der Waals surface area (Å²) in [7, 11) is -3.21. The van der Waals surface area contributed by atoms with Gasteiger partial charge in [-0.1, -0.05) is 25.7 Å². The molecule has 0 bridgehead atoms. The number of aromatic nitrogens is 2. The summed E-state index contributed by atoms with van der Waals surface area (Å²) in [5.74, 6) is -0.268. The van der Waals surface area contributed by atoms with Crippen molar-refractivity contribution in [3.8, 4) is 0 Å². The number of aliphatic hydroxyl groups is 1. The largest absolute Gasteiger partial charge is 0.386 e. The minimum atomic E-state index is -3.21. The number of fused-ring (bicyclic) bond motifs is 1. The fourth-order valence-electron chi connectivity index (χ4n) is 3.78. The number of sulfone groups is 1. The van der Waals surface area contributed by atoms with Crippen molar-refractivity contribution >= 4 is 9.84 Å². The molecule has 0 saturated heterocycles. The Bertz CT molecular complexity index is 633. The number of hydrogen-bond donors (Lipinski definition) is 1. The van der Waals surface area contributed by atoms with Gasteiger partial charge in [-0.2, -0.15) is 5.10 Å². The lowest BCUT2D eigenvalue weighted by atomic mass is 10.1. The van der Waals surface area contributed by atoms with Gasteiger partial charge in [-0.3, -0.25) is 9.58 Å². The third kappa shape index (κ3) is 4.33. The van der Waals surface area contributed by atoms with E-state index in [1.54, 1.807) is 0 Å². The summed E-state index contributed by atoms with van der Waals surface area (Å²) in [6.45, 7) is 2.65. The lowest BCUT2D eigenvalue weighted by Crippen LogP contribution is -2.41. The van der Waals surface area contributed by atoms with Gasteiger partial charge in [-0.05, 0) is 18.9 Å². The molecule has 6 nitrogen and oxygen atoms in total. The standard InChI is InChI=1S/C16H27N3O3S/c1-23(21,22)12-16(20)15-10-14-11-18(8-9-19(14)17-15)13-6-4-2-3-5-7-13/h10,13,16,20H,2-9,11-12H2,1H3/t16-/m1/s1. The zero-order chi connectivity index (χ0) is 16.4. The molecular weight excluding hydrogens is 314 g/mol. The Kier molecular flexibility index (Phi) is 5.08. The summed E-state index contributed by atoms with van der Waals surface area (Å²) in [5.41, 5.74) is 1.57. The Morgan fingerprint density at radius 1 is 1.26 bits per heavy atom. The molecule has 2 heterocycles. The van der Waals surface area contributed by atoms with E-state index in [0.717, 1.165) is 31.6 Å². The molecule has 1 fully saturated rings. The van der Waals surface area contributed by atoms with E-state index in [4.69, 9.17) is 0 Å². The minimum Gasteiger partial charge on any atom is -0.386 e. The Labute approximate surface area is 138 Å². The van der Waals surface area contributed by atoms with Crippen LogP contribution in [-0.2, 0) is 22.9 Å². The molecule has 23 heavy (non-hydrogen) atoms. The van der Waals surface area contributed by atoms with Crippen LogP contribution in [0, 0.1) is 0 Å². The summed E-state index contributed by atoms with van der Waals surface area (Å²) < 4.78 is 24.6. The Balaban J connectivity index is 1.69. The van der Waals surface area contributed by atoms with Crippen molar-refractivity contribution in [1.82, 2.24) is 14.7 Å². The molecule has 0 radical (unpaired) electrons. The van der Waals surface area contributed by atoms with Crippen molar-refractivity contribution < 1.29 is 13.5 Å². The lowest BCUT2D eigenvalue weighted by Gasteiger charge is -2.34. The van der Waals surface area contributed by atoms with Gasteiger partial charge in [-0.25, -0.2) is 8.42 Å². The maximum atomic E-state index is 11.3. The lowest BCUT2D eigenvalue weighted by molar-refractivity contribution is 0.136. The zero-order valence-corrected chi connectivity index (χ0v) is 14.6. The second-order valence-corrected chi connectivity index (χ2v) is 9.19. The first-order valence-electron chi connectivity index (χ1n) is 8.59. The highest BCUT2D eigenvalue weighted by Gasteiger charge is 2.27. The first-order valence-corrected chi connectivity index (χ1v) is 10.6. The molecule has 0 unspecified atom stereocenters. The van der Waals surface area contributed by atoms with Gasteiger partial charge >= 0.3 is 0 Å². The van der Waals surface area contributed by atoms with E-state index in [1.807, 2.05) is 10.7 Å². The van der Waals surface area contributed by atoms with Gasteiger partial charge in [-0.15, -0.1) is 0 Å². The minimum absolute atomic E-state index is 0.268. The van der Waals surface area contributed by atoms with Gasteiger partial charge < -0.3 is 5.11 Å². The second-order valence-electron chi connectivity index (χ2n) is 7.01. The van der Waals surface area contributed by atoms with Crippen LogP contribution < -0.4 is 0 Å². The molecule has 0 amide bonds. The molecule has 130 valence electrons. The predicted octanol–water partition coefficient (Wildman–Crippen LogP) is 1.50. The molecule has 7 heteroatoms. The molecule has 1 saturated carbocycles. The monoisotopic (exact) mass is 341 g/mol. The molecule has 1 aromatic heterocycles. The average molecular weight is 341 g/mol. The van der Waals surface area contributed by atoms with Crippen molar-refractivity contribution in [3.05, 3.63) is 17.5 Å². The van der Waals surface area contributed by atoms with E-state index >= 15 is 0 Å². The molecular formula is C16H27N3O3S. The van der Waals surface area contributed by atoms with Crippen LogP contribution in [0.1, 0.15) is 56.0 Å². The fourth-order valence-corrected chi connectivity index (χ4v) is 4.52. The van der Waals surface area contributed by atoms with Crippen LogP contribution in [0.15, 0.2) is 6.07 Å². The molecule has 2 aliphatic rings. The first-order chi connectivity index (χ1) is 10.9. The molecule has 1 atom stereocenters. The van der Waals surface area contributed by atoms with Gasteiger partial charge in [0.15, 0.2) is 0 Å². The van der Waals surface area contributed by atoms with E-state index in [1.165, 1.54) is 38.5 Å². The van der Waals surface area contributed by atoms with E-state index in [-0.39, 0.29) is 5.75 Å². The quantitative estimate of drug-likeness (QED) is 0.840. The summed E-state index contributed by atoms with van der Waals surface area (Å²) in [4.78, 5) is 2.54. The van der Waals surface area contributed by atoms with Gasteiger partial charge in [0.05, 0.1) is 23.7 Å². The Morgan fingerprint density at radius 2 is 1.96 bits per heavy atom. The second kappa shape index (κ2) is 6.91. The smallest absolute Gasteiger partial charge is 0.150 e. The summed E-state index contributed by atoms with van der Waals surface area (Å²) in [5, 5.41) is 14.5. The molecule has 1 aromatic rings. The van der Waals surface area contributed by atoms with Gasteiger partial charge in [0.1, 0.15) is 15.9 Å². The third-order valence-corrected chi connectivity index (χ3v) is 5.91. The van der Waals surface area contributed by atoms with Crippen molar-refractivity contribution in [2.24, 2.45) is 0 Å². The number of hydrogen-bond acceptors (Lipinski definition) is 5. The highest BCUT2D eigenvalue weighted by molar-refractivity contribution is 7.90. The Morgan fingerprint density at radius 3 is 2.61 bits per heavy atom. The van der Waals surface area contributed by atoms with Crippen molar-refractivity contribution in [2.75, 3.05) is 18.6 Å². The maximum absolute atomic E-state index is 11.3. The highest BCUT2D eigenvalue weighted by Crippen LogP contribution is 2.26. The van der Waals surface area contributed by atoms with Crippen LogP contribution in [0.4, 0.5) is 0 Å². The van der Waals surface area contributed by atoms with Gasteiger partial charge in [0.2, 0.25) is 0 Å². The summed E-state index contributed by atoms with van der Waals surface area (Å²) >= 11 is 0. The topological polar surface area (TPSA) is 75.4 Å². The molecule has 1 N–H and O–H groups in total. The third-order valence-electron chi connectivity index (χ3n) is 4.99. The SMILES string of the molecule is CS(=O)(=O)C[C@@H](O)c1cc2n(n1)CCN(C1CCCCCC1)C2. The van der Waals surface area contributed by atoms with E-state index in [0.29, 0.717) is 11.7 Å². The van der Waals surface area contributed by atoms with E-state index < -0.39 is 15.9 Å². The first kappa shape index (κ1) is 16.9. The predicted molar refractivity (Wildman–Crippen MR) is 88.8 cm³/mol. The van der Waals surface area contributed by atoms with Crippen LogP contribution in [0.2, 0.25) is 0 Å². The number of nitrogens with zero attached hydrogens (tertiary/aromatic N) is 3. The summed E-state index contributed by atoms with van der Waals surface area (Å²) in [6.07, 6.45) is 8.00. The summed E-state index contributed by atoms with van der Waals surface area (Å²) in [6, 6.07) is 2.53. The van der Waals surface area contributed by atoms with Crippen LogP contribution in [0.5, 0.6) is 0 Å². The number of rotatable bonds is 4. The normalized spacial score (nSPS) is 22.5. The maximum Gasteiger partial charge on any atom is 0.150 e. The highest BCUT2D eigenvalue weighted by atomic mass is 32.2. The van der Waals surface area contributed by atoms with Crippen molar-refractivity contribution in [2.45, 2.75) is 63.8 Å². The molecule has 3 rings (SSSR count). The van der Waals surface area contributed by atoms with Crippen LogP contribution in [0.25, 0.3) is 0 Å². The van der Waals surface area contributed by atoms with Crippen LogP contribution >= 0.6 is 0 Å². The van der Waals surface area contributed by atoms with Crippen LogP contribution in [-0.4, -0.2) is 52.8 Å². The van der Waals surface area contributed by atoms with E-state index in [2.05, 4.69) is 10.00 Å². The fraction of sp³-hybridized carbons (Fsp3) is 0.812. The molecule has 1 aliphatic heterocycles. The Hall–Kier alpha value is -0.920. The average Bonchev–Trinajstić information content (AvgIpc) is 2.71. The van der Waals surface area contributed by atoms with Crippen molar-refractivity contribution in [1.29, 1.82) is 0 Å². The molecule has 0 aromatic carbocycles.